The molecule has 0 saturated carbocycles. The summed E-state index contributed by atoms with van der Waals surface area (Å²) >= 11 is 0. The highest BCUT2D eigenvalue weighted by molar-refractivity contribution is 5.82. The van der Waals surface area contributed by atoms with Gasteiger partial charge in [0.05, 0.1) is 6.61 Å². The number of nitrogens with zero attached hydrogens (tertiary/aromatic N) is 1. The van der Waals surface area contributed by atoms with Crippen LogP contribution in [0.3, 0.4) is 0 Å². The number of rotatable bonds is 6. The quantitative estimate of drug-likeness (QED) is 0.813. The normalized spacial score (nSPS) is 17.1. The van der Waals surface area contributed by atoms with Crippen molar-refractivity contribution in [2.75, 3.05) is 25.2 Å². The number of methoxy groups -OCH3 is 1. The van der Waals surface area contributed by atoms with Gasteiger partial charge in [0.15, 0.2) is 6.23 Å². The van der Waals surface area contributed by atoms with Gasteiger partial charge in [0.1, 0.15) is 12.4 Å². The van der Waals surface area contributed by atoms with Gasteiger partial charge < -0.3 is 19.5 Å². The van der Waals surface area contributed by atoms with Crippen LogP contribution in [0.25, 0.3) is 5.57 Å². The predicted octanol–water partition coefficient (Wildman–Crippen LogP) is 3.84. The van der Waals surface area contributed by atoms with Crippen molar-refractivity contribution in [3.8, 4) is 5.75 Å². The summed E-state index contributed by atoms with van der Waals surface area (Å²) in [5.41, 5.74) is 4.21. The number of ether oxygens (including phenoxy) is 2. The monoisotopic (exact) mass is 337 g/mol. The van der Waals surface area contributed by atoms with Gasteiger partial charge in [-0.1, -0.05) is 30.3 Å². The van der Waals surface area contributed by atoms with Gasteiger partial charge in [-0.05, 0) is 48.4 Å². The molecule has 0 aliphatic carbocycles. The Kier molecular flexibility index (Phi) is 5.53. The first-order chi connectivity index (χ1) is 12.2. The number of anilines is 1. The molecule has 1 unspecified atom stereocenters. The maximum atomic E-state index is 10.5. The van der Waals surface area contributed by atoms with Crippen molar-refractivity contribution in [3.05, 3.63) is 78.0 Å². The lowest BCUT2D eigenvalue weighted by molar-refractivity contribution is 0.146. The molecule has 4 nitrogen and oxygen atoms in total. The average molecular weight is 337 g/mol. The fourth-order valence-electron chi connectivity index (χ4n) is 2.82. The van der Waals surface area contributed by atoms with E-state index < -0.39 is 6.23 Å². The smallest absolute Gasteiger partial charge is 0.150 e. The van der Waals surface area contributed by atoms with Crippen LogP contribution in [-0.2, 0) is 4.74 Å². The number of aliphatic hydroxyl groups is 1. The minimum absolute atomic E-state index is 0.516. The zero-order valence-electron chi connectivity index (χ0n) is 14.6. The zero-order chi connectivity index (χ0) is 17.6. The van der Waals surface area contributed by atoms with Crippen molar-refractivity contribution in [1.29, 1.82) is 0 Å². The van der Waals surface area contributed by atoms with Gasteiger partial charge in [-0.15, -0.1) is 0 Å². The molecular weight excluding hydrogens is 314 g/mol. The van der Waals surface area contributed by atoms with Crippen LogP contribution in [0, 0.1) is 0 Å². The maximum Gasteiger partial charge on any atom is 0.150 e. The van der Waals surface area contributed by atoms with Gasteiger partial charge in [0, 0.05) is 24.6 Å². The van der Waals surface area contributed by atoms with E-state index in [4.69, 9.17) is 9.47 Å². The van der Waals surface area contributed by atoms with Crippen LogP contribution < -0.4 is 9.64 Å². The Balaban J connectivity index is 1.82. The molecule has 0 saturated heterocycles. The Morgan fingerprint density at radius 1 is 1.00 bits per heavy atom. The highest BCUT2D eigenvalue weighted by Gasteiger charge is 2.20. The molecule has 0 radical (unpaired) electrons. The average Bonchev–Trinajstić information content (AvgIpc) is 2.64. The Bertz CT molecular complexity index is 750. The Morgan fingerprint density at radius 3 is 2.40 bits per heavy atom. The molecule has 0 aromatic heterocycles. The van der Waals surface area contributed by atoms with Crippen LogP contribution in [0.4, 0.5) is 5.69 Å². The first kappa shape index (κ1) is 17.3. The van der Waals surface area contributed by atoms with Crippen LogP contribution in [0.15, 0.2) is 72.4 Å². The zero-order valence-corrected chi connectivity index (χ0v) is 14.6. The molecule has 2 aromatic carbocycles. The van der Waals surface area contributed by atoms with Crippen molar-refractivity contribution >= 4 is 11.3 Å². The van der Waals surface area contributed by atoms with Crippen LogP contribution >= 0.6 is 0 Å². The molecule has 1 heterocycles. The van der Waals surface area contributed by atoms with Gasteiger partial charge >= 0.3 is 0 Å². The second kappa shape index (κ2) is 8.01. The van der Waals surface area contributed by atoms with Gasteiger partial charge in [-0.2, -0.15) is 0 Å². The lowest BCUT2D eigenvalue weighted by Gasteiger charge is -2.30. The van der Waals surface area contributed by atoms with E-state index in [-0.39, 0.29) is 0 Å². The van der Waals surface area contributed by atoms with E-state index in [2.05, 4.69) is 12.1 Å². The summed E-state index contributed by atoms with van der Waals surface area (Å²) in [6, 6.07) is 17.9. The van der Waals surface area contributed by atoms with E-state index in [9.17, 15) is 5.11 Å². The van der Waals surface area contributed by atoms with E-state index in [1.54, 1.807) is 7.11 Å². The largest absolute Gasteiger partial charge is 0.491 e. The minimum Gasteiger partial charge on any atom is -0.491 e. The number of benzene rings is 2. The van der Waals surface area contributed by atoms with Gasteiger partial charge in [-0.25, -0.2) is 0 Å². The van der Waals surface area contributed by atoms with E-state index in [0.29, 0.717) is 13.2 Å². The molecule has 0 amide bonds. The molecule has 130 valence electrons. The number of hydrogen-bond donors (Lipinski definition) is 1. The summed E-state index contributed by atoms with van der Waals surface area (Å²) in [5, 5.41) is 10.5. The Hall–Kier alpha value is -2.56. The van der Waals surface area contributed by atoms with Crippen LogP contribution in [0.2, 0.25) is 0 Å². The van der Waals surface area contributed by atoms with Crippen molar-refractivity contribution in [3.63, 3.8) is 0 Å². The molecule has 1 atom stereocenters. The maximum absolute atomic E-state index is 10.5. The highest BCUT2D eigenvalue weighted by Crippen LogP contribution is 2.31. The third-order valence-electron chi connectivity index (χ3n) is 4.15. The first-order valence-corrected chi connectivity index (χ1v) is 8.33. The van der Waals surface area contributed by atoms with E-state index in [1.165, 1.54) is 0 Å². The Labute approximate surface area is 148 Å². The summed E-state index contributed by atoms with van der Waals surface area (Å²) in [7, 11) is 1.65. The summed E-state index contributed by atoms with van der Waals surface area (Å²) in [4.78, 5) is 1.86. The molecule has 0 spiro atoms. The second-order valence-electron chi connectivity index (χ2n) is 5.91. The lowest BCUT2D eigenvalue weighted by atomic mass is 9.97. The Morgan fingerprint density at radius 2 is 1.72 bits per heavy atom. The summed E-state index contributed by atoms with van der Waals surface area (Å²) in [6.07, 6.45) is 3.18. The van der Waals surface area contributed by atoms with Crippen molar-refractivity contribution in [2.24, 2.45) is 0 Å². The summed E-state index contributed by atoms with van der Waals surface area (Å²) in [6.45, 7) is 3.09. The highest BCUT2D eigenvalue weighted by atomic mass is 16.5. The minimum atomic E-state index is -0.687. The third kappa shape index (κ3) is 4.10. The molecule has 2 aromatic rings. The molecule has 0 fully saturated rings. The topological polar surface area (TPSA) is 41.9 Å². The lowest BCUT2D eigenvalue weighted by Crippen LogP contribution is -2.31. The molecule has 4 heteroatoms. The summed E-state index contributed by atoms with van der Waals surface area (Å²) in [5.74, 6) is 0.784. The predicted molar refractivity (Wildman–Crippen MR) is 100 cm³/mol. The SMILES string of the molecule is COCCOc1ccc(N2C=C(c3ccccc3)C(C)=CC2O)cc1. The molecule has 3 rings (SSSR count). The van der Waals surface area contributed by atoms with Gasteiger partial charge in [-0.3, -0.25) is 0 Å². The van der Waals surface area contributed by atoms with Gasteiger partial charge in [0.25, 0.3) is 0 Å². The number of allylic oxidation sites excluding steroid dienone is 2. The van der Waals surface area contributed by atoms with E-state index in [0.717, 1.165) is 28.1 Å². The van der Waals surface area contributed by atoms with E-state index in [1.807, 2.05) is 66.6 Å². The fraction of sp³-hybridized carbons (Fsp3) is 0.238. The van der Waals surface area contributed by atoms with Crippen LogP contribution in [-0.4, -0.2) is 31.7 Å². The molecule has 1 aliphatic rings. The first-order valence-electron chi connectivity index (χ1n) is 8.33. The van der Waals surface area contributed by atoms with Crippen molar-refractivity contribution in [2.45, 2.75) is 13.2 Å². The van der Waals surface area contributed by atoms with Crippen molar-refractivity contribution in [1.82, 2.24) is 0 Å². The van der Waals surface area contributed by atoms with Gasteiger partial charge in [0.2, 0.25) is 0 Å². The number of aliphatic hydroxyl groups excluding tert-OH is 1. The van der Waals surface area contributed by atoms with Crippen LogP contribution in [0.5, 0.6) is 5.75 Å². The molecule has 1 aliphatic heterocycles. The summed E-state index contributed by atoms with van der Waals surface area (Å²) < 4.78 is 10.6. The number of hydrogen-bond acceptors (Lipinski definition) is 4. The fourth-order valence-corrected chi connectivity index (χ4v) is 2.82. The standard InChI is InChI=1S/C21H23NO3/c1-16-14-21(23)22(15-20(16)17-6-4-3-5-7-17)18-8-10-19(11-9-18)25-13-12-24-2/h3-11,14-15,21,23H,12-13H2,1-2H3. The molecule has 0 bridgehead atoms. The third-order valence-corrected chi connectivity index (χ3v) is 4.15. The second-order valence-corrected chi connectivity index (χ2v) is 5.91. The molecule has 1 N–H and O–H groups in total. The van der Waals surface area contributed by atoms with E-state index >= 15 is 0 Å². The van der Waals surface area contributed by atoms with Crippen LogP contribution in [0.1, 0.15) is 12.5 Å². The van der Waals surface area contributed by atoms with Crippen molar-refractivity contribution < 1.29 is 14.6 Å². The molecule has 25 heavy (non-hydrogen) atoms. The molecular formula is C21H23NO3.